The Morgan fingerprint density at radius 3 is 2.24 bits per heavy atom. The highest BCUT2D eigenvalue weighted by atomic mass is 16.2. The van der Waals surface area contributed by atoms with Crippen LogP contribution in [0.4, 0.5) is 0 Å². The van der Waals surface area contributed by atoms with Gasteiger partial charge in [-0.15, -0.1) is 0 Å². The predicted octanol–water partition coefficient (Wildman–Crippen LogP) is 3.08. The molecule has 1 aliphatic heterocycles. The monoisotopic (exact) mass is 695 g/mol. The number of carbonyl (C=O) groups is 6. The van der Waals surface area contributed by atoms with Crippen LogP contribution >= 0.6 is 0 Å². The molecular weight excluding hydrogens is 638 g/mol. The summed E-state index contributed by atoms with van der Waals surface area (Å²) >= 11 is 0. The van der Waals surface area contributed by atoms with Gasteiger partial charge >= 0.3 is 0 Å². The van der Waals surface area contributed by atoms with Gasteiger partial charge in [-0.1, -0.05) is 66.7 Å². The van der Waals surface area contributed by atoms with Gasteiger partial charge < -0.3 is 26.2 Å². The first kappa shape index (κ1) is 38.9. The van der Waals surface area contributed by atoms with Gasteiger partial charge in [0.05, 0.1) is 12.2 Å². The molecule has 2 saturated carbocycles. The molecule has 4 rings (SSSR count). The molecular formula is C37H57N7O6. The van der Waals surface area contributed by atoms with Gasteiger partial charge in [-0.25, -0.2) is 4.98 Å². The second kappa shape index (κ2) is 17.4. The standard InChI is InChI=1S/C37H57N7O6/c1-7-13-26(30(45)35(49)40-22(3)8-2)41-34(48)29-25-17-12-16-24(25)21-44(29)36(50)31(37(4,5)6)43-33(47)28(23-14-10-9-11-15-23)42-32(46)27-20-38-18-19-39-27/h18-20,22-26,28-29,31H,7-17,21H2,1-6H3,(H,40,49)(H,41,48)(H,42,46)(H,43,47)/t22-,24+,25+,26-,28-,29+,31+/m1/s1. The molecule has 0 unspecified atom stereocenters. The van der Waals surface area contributed by atoms with Crippen molar-refractivity contribution in [3.05, 3.63) is 24.3 Å². The third kappa shape index (κ3) is 9.45. The van der Waals surface area contributed by atoms with Gasteiger partial charge in [0.25, 0.3) is 11.8 Å². The first-order valence-corrected chi connectivity index (χ1v) is 18.6. The Morgan fingerprint density at radius 2 is 1.62 bits per heavy atom. The SMILES string of the molecule is CCC[C@@H](NC(=O)[C@@H]1[C@H]2CCC[C@H]2CN1C(=O)[C@H](NC(=O)[C@H](NC(=O)c1cnccn1)C1CCCCC1)C(C)(C)C)C(=O)C(=O)N[C@H](C)CC. The van der Waals surface area contributed by atoms with Crippen LogP contribution < -0.4 is 21.3 Å². The van der Waals surface area contributed by atoms with E-state index in [4.69, 9.17) is 0 Å². The van der Waals surface area contributed by atoms with Crippen LogP contribution in [0.3, 0.4) is 0 Å². The molecule has 50 heavy (non-hydrogen) atoms. The number of fused-ring (bicyclic) bond motifs is 1. The van der Waals surface area contributed by atoms with Gasteiger partial charge in [0.15, 0.2) is 0 Å². The number of hydrogen-bond acceptors (Lipinski definition) is 8. The Hall–Kier alpha value is -3.90. The molecule has 276 valence electrons. The molecule has 13 nitrogen and oxygen atoms in total. The van der Waals surface area contributed by atoms with E-state index in [1.54, 1.807) is 4.90 Å². The van der Waals surface area contributed by atoms with Crippen molar-refractivity contribution in [1.82, 2.24) is 36.1 Å². The Kier molecular flexibility index (Phi) is 13.5. The van der Waals surface area contributed by atoms with Gasteiger partial charge in [-0.2, -0.15) is 0 Å². The van der Waals surface area contributed by atoms with E-state index in [9.17, 15) is 28.8 Å². The molecule has 3 fully saturated rings. The van der Waals surface area contributed by atoms with Crippen LogP contribution in [0.25, 0.3) is 0 Å². The highest BCUT2D eigenvalue weighted by Gasteiger charge is 2.52. The molecule has 4 N–H and O–H groups in total. The third-order valence-electron chi connectivity index (χ3n) is 10.8. The van der Waals surface area contributed by atoms with Crippen LogP contribution in [0.2, 0.25) is 0 Å². The zero-order valence-corrected chi connectivity index (χ0v) is 30.6. The van der Waals surface area contributed by atoms with Crippen LogP contribution in [0.1, 0.15) is 123 Å². The summed E-state index contributed by atoms with van der Waals surface area (Å²) in [5.74, 6) is -3.33. The second-order valence-electron chi connectivity index (χ2n) is 15.5. The molecule has 0 aromatic carbocycles. The minimum Gasteiger partial charge on any atom is -0.347 e. The van der Waals surface area contributed by atoms with E-state index in [1.165, 1.54) is 18.6 Å². The number of nitrogens with zero attached hydrogens (tertiary/aromatic N) is 3. The first-order valence-electron chi connectivity index (χ1n) is 18.6. The summed E-state index contributed by atoms with van der Waals surface area (Å²) in [4.78, 5) is 91.7. The lowest BCUT2D eigenvalue weighted by molar-refractivity contribution is -0.146. The molecule has 5 amide bonds. The highest BCUT2D eigenvalue weighted by molar-refractivity contribution is 6.38. The topological polar surface area (TPSA) is 180 Å². The van der Waals surface area contributed by atoms with Crippen LogP contribution in [-0.4, -0.2) is 86.9 Å². The van der Waals surface area contributed by atoms with E-state index in [-0.39, 0.29) is 41.8 Å². The predicted molar refractivity (Wildman–Crippen MR) is 187 cm³/mol. The van der Waals surface area contributed by atoms with Crippen molar-refractivity contribution < 1.29 is 28.8 Å². The van der Waals surface area contributed by atoms with Crippen LogP contribution in [0, 0.1) is 23.2 Å². The fourth-order valence-corrected chi connectivity index (χ4v) is 7.78. The van der Waals surface area contributed by atoms with Gasteiger partial charge in [0.2, 0.25) is 23.5 Å². The quantitative estimate of drug-likeness (QED) is 0.215. The maximum atomic E-state index is 14.6. The number of rotatable bonds is 14. The Morgan fingerprint density at radius 1 is 0.900 bits per heavy atom. The Bertz CT molecular complexity index is 1380. The normalized spacial score (nSPS) is 23.2. The summed E-state index contributed by atoms with van der Waals surface area (Å²) in [6, 6.07) is -3.93. The summed E-state index contributed by atoms with van der Waals surface area (Å²) in [6.07, 6.45) is 12.8. The number of nitrogens with one attached hydrogen (secondary N) is 4. The summed E-state index contributed by atoms with van der Waals surface area (Å²) in [5.41, 5.74) is -0.647. The lowest BCUT2D eigenvalue weighted by Gasteiger charge is -2.38. The largest absolute Gasteiger partial charge is 0.347 e. The van der Waals surface area contributed by atoms with E-state index < -0.39 is 59.0 Å². The van der Waals surface area contributed by atoms with E-state index in [0.717, 1.165) is 51.4 Å². The fourth-order valence-electron chi connectivity index (χ4n) is 7.78. The van der Waals surface area contributed by atoms with Crippen LogP contribution in [0.5, 0.6) is 0 Å². The van der Waals surface area contributed by atoms with Crippen molar-refractivity contribution in [2.24, 2.45) is 23.2 Å². The third-order valence-corrected chi connectivity index (χ3v) is 10.8. The molecule has 2 aliphatic carbocycles. The van der Waals surface area contributed by atoms with Gasteiger partial charge in [0, 0.05) is 25.0 Å². The Labute approximate surface area is 296 Å². The maximum absolute atomic E-state index is 14.6. The van der Waals surface area contributed by atoms with Crippen LogP contribution in [-0.2, 0) is 24.0 Å². The summed E-state index contributed by atoms with van der Waals surface area (Å²) in [5, 5.41) is 11.5. The maximum Gasteiger partial charge on any atom is 0.289 e. The van der Waals surface area contributed by atoms with Gasteiger partial charge in [0.1, 0.15) is 23.8 Å². The van der Waals surface area contributed by atoms with E-state index in [1.807, 2.05) is 41.5 Å². The molecule has 0 radical (unpaired) electrons. The number of aromatic nitrogens is 2. The number of amides is 5. The molecule has 1 aromatic heterocycles. The highest BCUT2D eigenvalue weighted by Crippen LogP contribution is 2.43. The Balaban J connectivity index is 1.57. The van der Waals surface area contributed by atoms with Crippen molar-refractivity contribution in [1.29, 1.82) is 0 Å². The van der Waals surface area contributed by atoms with E-state index in [2.05, 4.69) is 31.2 Å². The van der Waals surface area contributed by atoms with Crippen molar-refractivity contribution >= 4 is 35.3 Å². The van der Waals surface area contributed by atoms with E-state index >= 15 is 0 Å². The van der Waals surface area contributed by atoms with Crippen molar-refractivity contribution in [2.75, 3.05) is 6.54 Å². The molecule has 3 aliphatic rings. The summed E-state index contributed by atoms with van der Waals surface area (Å²) in [7, 11) is 0. The summed E-state index contributed by atoms with van der Waals surface area (Å²) < 4.78 is 0. The van der Waals surface area contributed by atoms with Crippen molar-refractivity contribution in [3.63, 3.8) is 0 Å². The number of ketones is 1. The number of Topliss-reactive ketones (excluding diaryl/α,β-unsaturated/α-hetero) is 1. The minimum atomic E-state index is -1.01. The molecule has 7 atom stereocenters. The molecule has 0 spiro atoms. The van der Waals surface area contributed by atoms with Gasteiger partial charge in [-0.3, -0.25) is 33.8 Å². The second-order valence-corrected chi connectivity index (χ2v) is 15.5. The minimum absolute atomic E-state index is 0.0946. The number of hydrogen-bond donors (Lipinski definition) is 4. The first-order chi connectivity index (χ1) is 23.8. The average molecular weight is 696 g/mol. The lowest BCUT2D eigenvalue weighted by atomic mass is 9.82. The molecule has 13 heteroatoms. The average Bonchev–Trinajstić information content (AvgIpc) is 3.70. The zero-order chi connectivity index (χ0) is 36.6. The van der Waals surface area contributed by atoms with Gasteiger partial charge in [-0.05, 0) is 68.6 Å². The van der Waals surface area contributed by atoms with Crippen molar-refractivity contribution in [2.45, 2.75) is 142 Å². The van der Waals surface area contributed by atoms with Crippen LogP contribution in [0.15, 0.2) is 18.6 Å². The lowest BCUT2D eigenvalue weighted by Crippen LogP contribution is -2.62. The molecule has 1 saturated heterocycles. The zero-order valence-electron chi connectivity index (χ0n) is 30.6. The number of carbonyl (C=O) groups excluding carboxylic acids is 6. The van der Waals surface area contributed by atoms with E-state index in [0.29, 0.717) is 19.4 Å². The summed E-state index contributed by atoms with van der Waals surface area (Å²) in [6.45, 7) is 11.5. The van der Waals surface area contributed by atoms with Crippen molar-refractivity contribution in [3.8, 4) is 0 Å². The fraction of sp³-hybridized carbons (Fsp3) is 0.730. The smallest absolute Gasteiger partial charge is 0.289 e. The molecule has 0 bridgehead atoms. The molecule has 1 aromatic rings. The molecule has 2 heterocycles. The number of likely N-dealkylation sites (tertiary alicyclic amines) is 1.